The smallest absolute Gasteiger partial charge is 0.330 e. The van der Waals surface area contributed by atoms with Gasteiger partial charge in [0.15, 0.2) is 0 Å². The summed E-state index contributed by atoms with van der Waals surface area (Å²) < 4.78 is 16.4. The summed E-state index contributed by atoms with van der Waals surface area (Å²) in [4.78, 5) is 28.4. The number of allylic oxidation sites excluding steroid dienone is 2. The van der Waals surface area contributed by atoms with Crippen LogP contribution in [0, 0.1) is 5.92 Å². The van der Waals surface area contributed by atoms with Crippen LogP contribution in [0.3, 0.4) is 0 Å². The molecule has 2 atom stereocenters. The molecule has 7 rings (SSSR count). The van der Waals surface area contributed by atoms with Crippen LogP contribution in [0.5, 0.6) is 5.75 Å². The predicted octanol–water partition coefficient (Wildman–Crippen LogP) is 8.58. The van der Waals surface area contributed by atoms with E-state index in [2.05, 4.69) is 102 Å². The maximum atomic E-state index is 12.2. The van der Waals surface area contributed by atoms with E-state index >= 15 is 0 Å². The van der Waals surface area contributed by atoms with Crippen LogP contribution in [0.1, 0.15) is 18.4 Å². The molecule has 7 nitrogen and oxygen atoms in total. The van der Waals surface area contributed by atoms with Crippen molar-refractivity contribution in [2.24, 2.45) is 5.92 Å². The molecule has 2 aliphatic carbocycles. The van der Waals surface area contributed by atoms with Crippen molar-refractivity contribution in [3.05, 3.63) is 146 Å². The van der Waals surface area contributed by atoms with E-state index in [0.717, 1.165) is 77.6 Å². The second-order valence-electron chi connectivity index (χ2n) is 12.3. The first-order chi connectivity index (χ1) is 23.9. The molecule has 7 heteroatoms. The van der Waals surface area contributed by atoms with Gasteiger partial charge < -0.3 is 24.0 Å². The third kappa shape index (κ3) is 7.42. The Balaban J connectivity index is 1.12. The fourth-order valence-electron chi connectivity index (χ4n) is 6.14. The van der Waals surface area contributed by atoms with Gasteiger partial charge in [-0.25, -0.2) is 4.79 Å². The van der Waals surface area contributed by atoms with Gasteiger partial charge in [-0.1, -0.05) is 67.3 Å². The number of hydrogen-bond donors (Lipinski definition) is 0. The Morgan fingerprint density at radius 1 is 0.796 bits per heavy atom. The molecule has 49 heavy (non-hydrogen) atoms. The van der Waals surface area contributed by atoms with Gasteiger partial charge in [-0.15, -0.1) is 0 Å². The summed E-state index contributed by atoms with van der Waals surface area (Å²) in [5.74, 6) is -0.277. The van der Waals surface area contributed by atoms with Crippen molar-refractivity contribution in [2.75, 3.05) is 36.1 Å². The molecule has 1 saturated carbocycles. The number of carbonyl (C=O) groups is 2. The molecule has 4 aromatic rings. The normalized spacial score (nSPS) is 18.3. The van der Waals surface area contributed by atoms with Gasteiger partial charge in [-0.3, -0.25) is 4.79 Å². The molecule has 4 aromatic carbocycles. The summed E-state index contributed by atoms with van der Waals surface area (Å²) in [5.41, 5.74) is 9.47. The van der Waals surface area contributed by atoms with E-state index < -0.39 is 5.97 Å². The molecule has 0 N–H and O–H groups in total. The van der Waals surface area contributed by atoms with Gasteiger partial charge in [0.25, 0.3) is 0 Å². The van der Waals surface area contributed by atoms with Crippen molar-refractivity contribution in [3.63, 3.8) is 0 Å². The molecule has 0 spiro atoms. The molecule has 0 radical (unpaired) electrons. The largest absolute Gasteiger partial charge is 0.455 e. The number of anilines is 4. The molecule has 2 unspecified atom stereocenters. The summed E-state index contributed by atoms with van der Waals surface area (Å²) in [7, 11) is 0. The average Bonchev–Trinajstić information content (AvgIpc) is 3.90. The summed E-state index contributed by atoms with van der Waals surface area (Å²) in [6.07, 6.45) is 8.25. The molecular formula is C42H38N2O5. The minimum Gasteiger partial charge on any atom is -0.455 e. The van der Waals surface area contributed by atoms with E-state index in [0.29, 0.717) is 12.2 Å². The lowest BCUT2D eigenvalue weighted by Crippen LogP contribution is -2.36. The molecular weight excluding hydrogens is 612 g/mol. The van der Waals surface area contributed by atoms with E-state index in [1.807, 2.05) is 36.4 Å². The van der Waals surface area contributed by atoms with Crippen LogP contribution in [0.4, 0.5) is 22.7 Å². The minimum absolute atomic E-state index is 0.161. The fraction of sp³-hybridized carbons (Fsp3) is 0.190. The second kappa shape index (κ2) is 14.2. The van der Waals surface area contributed by atoms with Crippen molar-refractivity contribution in [3.8, 4) is 16.9 Å². The van der Waals surface area contributed by atoms with Gasteiger partial charge in [0.2, 0.25) is 0 Å². The van der Waals surface area contributed by atoms with Crippen LogP contribution in [-0.4, -0.2) is 44.3 Å². The van der Waals surface area contributed by atoms with Crippen molar-refractivity contribution in [1.29, 1.82) is 0 Å². The van der Waals surface area contributed by atoms with E-state index in [1.54, 1.807) is 0 Å². The topological polar surface area (TPSA) is 68.3 Å². The highest BCUT2D eigenvalue weighted by molar-refractivity contribution is 5.84. The monoisotopic (exact) mass is 650 g/mol. The lowest BCUT2D eigenvalue weighted by molar-refractivity contribution is -0.140. The van der Waals surface area contributed by atoms with Crippen LogP contribution in [0.15, 0.2) is 140 Å². The Hall–Kier alpha value is -5.66. The Morgan fingerprint density at radius 3 is 1.88 bits per heavy atom. The Labute approximate surface area is 287 Å². The van der Waals surface area contributed by atoms with Crippen molar-refractivity contribution in [2.45, 2.75) is 18.9 Å². The van der Waals surface area contributed by atoms with Crippen LogP contribution in [0.25, 0.3) is 16.7 Å². The highest BCUT2D eigenvalue weighted by Gasteiger charge is 2.36. The highest BCUT2D eigenvalue weighted by atomic mass is 16.5. The lowest BCUT2D eigenvalue weighted by Gasteiger charge is -2.30. The van der Waals surface area contributed by atoms with E-state index in [4.69, 9.17) is 14.2 Å². The second-order valence-corrected chi connectivity index (χ2v) is 12.3. The molecule has 0 bridgehead atoms. The summed E-state index contributed by atoms with van der Waals surface area (Å²) in [6, 6.07) is 33.3. The van der Waals surface area contributed by atoms with E-state index in [1.165, 1.54) is 11.8 Å². The van der Waals surface area contributed by atoms with Crippen molar-refractivity contribution in [1.82, 2.24) is 0 Å². The van der Waals surface area contributed by atoms with Crippen LogP contribution >= 0.6 is 0 Å². The molecule has 0 amide bonds. The van der Waals surface area contributed by atoms with Crippen LogP contribution < -0.4 is 14.5 Å². The standard InChI is InChI=1S/C42H38N2O5/c1-3-41(45)48-38-20-8-32(9-21-38)30-4-12-35(13-5-30)44(37-18-16-34(17-19-37)43-24-26-47-27-25-43)36-14-6-31(7-15-36)33-10-22-39(23-11-33)49-42(46)40-28-29(40)2/h3-20,22-23,38,40H,1-2,21,24-28H2. The first kappa shape index (κ1) is 31.9. The number of nitrogens with zero attached hydrogens (tertiary/aromatic N) is 2. The molecule has 1 saturated heterocycles. The quantitative estimate of drug-likeness (QED) is 0.0737. The molecule has 1 heterocycles. The number of morpholine rings is 1. The number of hydrogen-bond acceptors (Lipinski definition) is 7. The molecule has 3 aliphatic rings. The van der Waals surface area contributed by atoms with Crippen LogP contribution in [0.2, 0.25) is 0 Å². The third-order valence-electron chi connectivity index (χ3n) is 9.05. The van der Waals surface area contributed by atoms with Gasteiger partial charge >= 0.3 is 11.9 Å². The van der Waals surface area contributed by atoms with Crippen molar-refractivity contribution >= 4 is 40.3 Å². The Bertz CT molecular complexity index is 1900. The number of rotatable bonds is 10. The van der Waals surface area contributed by atoms with Gasteiger partial charge in [0, 0.05) is 48.3 Å². The summed E-state index contributed by atoms with van der Waals surface area (Å²) in [5, 5.41) is 0. The number of esters is 2. The van der Waals surface area contributed by atoms with Gasteiger partial charge in [-0.05, 0) is 95.4 Å². The maximum Gasteiger partial charge on any atom is 0.330 e. The predicted molar refractivity (Wildman–Crippen MR) is 194 cm³/mol. The summed E-state index contributed by atoms with van der Waals surface area (Å²) >= 11 is 0. The fourth-order valence-corrected chi connectivity index (χ4v) is 6.14. The first-order valence-electron chi connectivity index (χ1n) is 16.6. The first-order valence-corrected chi connectivity index (χ1v) is 16.6. The summed E-state index contributed by atoms with van der Waals surface area (Å²) in [6.45, 7) is 10.6. The number of carbonyl (C=O) groups excluding carboxylic acids is 2. The SMILES string of the molecule is C=CC(=O)OC1C=CC(c2ccc(N(c3ccc(-c4ccc(OC(=O)C5CC5=C)cc4)cc3)c3ccc(N4CCOCC4)cc3)cc2)=CC1. The van der Waals surface area contributed by atoms with Gasteiger partial charge in [0.05, 0.1) is 19.1 Å². The van der Waals surface area contributed by atoms with Gasteiger partial charge in [0.1, 0.15) is 11.9 Å². The van der Waals surface area contributed by atoms with E-state index in [-0.39, 0.29) is 18.0 Å². The molecule has 0 aromatic heterocycles. The molecule has 1 aliphatic heterocycles. The zero-order valence-corrected chi connectivity index (χ0v) is 27.3. The minimum atomic E-state index is -0.418. The number of benzene rings is 4. The molecule has 246 valence electrons. The Kier molecular flexibility index (Phi) is 9.26. The third-order valence-corrected chi connectivity index (χ3v) is 9.05. The lowest BCUT2D eigenvalue weighted by atomic mass is 9.98. The van der Waals surface area contributed by atoms with Gasteiger partial charge in [-0.2, -0.15) is 0 Å². The Morgan fingerprint density at radius 2 is 1.35 bits per heavy atom. The zero-order valence-electron chi connectivity index (χ0n) is 27.3. The molecule has 2 fully saturated rings. The highest BCUT2D eigenvalue weighted by Crippen LogP contribution is 2.39. The number of ether oxygens (including phenoxy) is 3. The zero-order chi connectivity index (χ0) is 33.7. The average molecular weight is 651 g/mol. The van der Waals surface area contributed by atoms with Crippen molar-refractivity contribution < 1.29 is 23.8 Å². The van der Waals surface area contributed by atoms with Crippen LogP contribution in [-0.2, 0) is 19.1 Å². The maximum absolute atomic E-state index is 12.2. The van der Waals surface area contributed by atoms with E-state index in [9.17, 15) is 9.59 Å².